The zero-order valence-electron chi connectivity index (χ0n) is 10.8. The largest absolute Gasteiger partial charge is 0.384 e. The number of rotatable bonds is 2. The van der Waals surface area contributed by atoms with Crippen LogP contribution in [0.1, 0.15) is 17.0 Å². The molecule has 0 spiro atoms. The molecule has 2 N–H and O–H groups in total. The van der Waals surface area contributed by atoms with Crippen molar-refractivity contribution in [2.75, 3.05) is 44.6 Å². The molecule has 1 saturated heterocycles. The summed E-state index contributed by atoms with van der Waals surface area (Å²) in [5.41, 5.74) is 3.90. The van der Waals surface area contributed by atoms with E-state index in [1.807, 2.05) is 6.07 Å². The molecular weight excluding hydrogens is 246 g/mol. The Labute approximate surface area is 114 Å². The number of aryl methyl sites for hydroxylation is 1. The van der Waals surface area contributed by atoms with E-state index < -0.39 is 0 Å². The van der Waals surface area contributed by atoms with Gasteiger partial charge in [-0.05, 0) is 18.6 Å². The predicted octanol–water partition coefficient (Wildman–Crippen LogP) is 2.06. The lowest BCUT2D eigenvalue weighted by atomic mass is 9.98. The van der Waals surface area contributed by atoms with Crippen LogP contribution in [0.4, 0.5) is 5.69 Å². The lowest BCUT2D eigenvalue weighted by molar-refractivity contribution is 0.230. The molecule has 1 aromatic rings. The summed E-state index contributed by atoms with van der Waals surface area (Å²) in [5.74, 6) is 0.533. The predicted molar refractivity (Wildman–Crippen MR) is 76.7 cm³/mol. The summed E-state index contributed by atoms with van der Waals surface area (Å²) in [6.45, 7) is 8.79. The maximum Gasteiger partial charge on any atom is 0.0462 e. The summed E-state index contributed by atoms with van der Waals surface area (Å²) in [6.07, 6.45) is 0. The molecule has 98 valence electrons. The number of halogens is 1. The molecule has 2 heterocycles. The number of benzene rings is 1. The molecule has 2 aliphatic rings. The summed E-state index contributed by atoms with van der Waals surface area (Å²) >= 11 is 6.38. The molecule has 1 atom stereocenters. The smallest absolute Gasteiger partial charge is 0.0462 e. The van der Waals surface area contributed by atoms with Gasteiger partial charge in [0.2, 0.25) is 0 Å². The molecular formula is C14H20ClN3. The molecule has 0 saturated carbocycles. The SMILES string of the molecule is Cc1ccc(Cl)c2c1NCC2CN1CCNCC1. The number of nitrogens with zero attached hydrogens (tertiary/aromatic N) is 1. The highest BCUT2D eigenvalue weighted by molar-refractivity contribution is 6.32. The van der Waals surface area contributed by atoms with Crippen LogP contribution in [0.15, 0.2) is 12.1 Å². The second kappa shape index (κ2) is 5.08. The van der Waals surface area contributed by atoms with Gasteiger partial charge >= 0.3 is 0 Å². The van der Waals surface area contributed by atoms with Crippen molar-refractivity contribution in [3.63, 3.8) is 0 Å². The number of hydrogen-bond donors (Lipinski definition) is 2. The lowest BCUT2D eigenvalue weighted by Crippen LogP contribution is -2.45. The van der Waals surface area contributed by atoms with Crippen LogP contribution in [0.5, 0.6) is 0 Å². The van der Waals surface area contributed by atoms with Gasteiger partial charge in [0.25, 0.3) is 0 Å². The van der Waals surface area contributed by atoms with Crippen LogP contribution in [-0.4, -0.2) is 44.2 Å². The molecule has 2 aliphatic heterocycles. The molecule has 0 amide bonds. The Morgan fingerprint density at radius 3 is 2.89 bits per heavy atom. The topological polar surface area (TPSA) is 27.3 Å². The Hall–Kier alpha value is -0.770. The van der Waals surface area contributed by atoms with Gasteiger partial charge < -0.3 is 15.5 Å². The Kier molecular flexibility index (Phi) is 3.46. The van der Waals surface area contributed by atoms with Crippen LogP contribution >= 0.6 is 11.6 Å². The average Bonchev–Trinajstić information content (AvgIpc) is 2.80. The third-order valence-electron chi connectivity index (χ3n) is 4.02. The molecule has 4 heteroatoms. The summed E-state index contributed by atoms with van der Waals surface area (Å²) in [6, 6.07) is 4.13. The van der Waals surface area contributed by atoms with E-state index in [0.29, 0.717) is 5.92 Å². The number of hydrogen-bond acceptors (Lipinski definition) is 3. The molecule has 0 aliphatic carbocycles. The van der Waals surface area contributed by atoms with E-state index in [2.05, 4.69) is 28.5 Å². The fourth-order valence-corrected chi connectivity index (χ4v) is 3.34. The fourth-order valence-electron chi connectivity index (χ4n) is 3.03. The first-order valence-corrected chi connectivity index (χ1v) is 7.09. The number of nitrogens with one attached hydrogen (secondary N) is 2. The summed E-state index contributed by atoms with van der Waals surface area (Å²) < 4.78 is 0. The Morgan fingerprint density at radius 2 is 2.11 bits per heavy atom. The van der Waals surface area contributed by atoms with E-state index in [4.69, 9.17) is 11.6 Å². The van der Waals surface area contributed by atoms with Gasteiger partial charge in [0, 0.05) is 61.5 Å². The van der Waals surface area contributed by atoms with E-state index in [1.54, 1.807) is 0 Å². The van der Waals surface area contributed by atoms with Gasteiger partial charge in [-0.3, -0.25) is 0 Å². The highest BCUT2D eigenvalue weighted by atomic mass is 35.5. The van der Waals surface area contributed by atoms with E-state index in [1.165, 1.54) is 16.8 Å². The molecule has 3 rings (SSSR count). The monoisotopic (exact) mass is 265 g/mol. The van der Waals surface area contributed by atoms with Crippen molar-refractivity contribution in [3.05, 3.63) is 28.3 Å². The van der Waals surface area contributed by atoms with Gasteiger partial charge in [-0.15, -0.1) is 0 Å². The number of anilines is 1. The highest BCUT2D eigenvalue weighted by Crippen LogP contribution is 2.39. The minimum Gasteiger partial charge on any atom is -0.384 e. The molecule has 1 fully saturated rings. The molecule has 18 heavy (non-hydrogen) atoms. The zero-order chi connectivity index (χ0) is 12.5. The van der Waals surface area contributed by atoms with E-state index in [0.717, 1.165) is 44.3 Å². The van der Waals surface area contributed by atoms with Gasteiger partial charge in [-0.2, -0.15) is 0 Å². The highest BCUT2D eigenvalue weighted by Gasteiger charge is 2.28. The van der Waals surface area contributed by atoms with Crippen LogP contribution in [0.2, 0.25) is 5.02 Å². The van der Waals surface area contributed by atoms with Crippen molar-refractivity contribution < 1.29 is 0 Å². The van der Waals surface area contributed by atoms with Crippen LogP contribution in [0, 0.1) is 6.92 Å². The zero-order valence-corrected chi connectivity index (χ0v) is 11.6. The van der Waals surface area contributed by atoms with Crippen LogP contribution < -0.4 is 10.6 Å². The lowest BCUT2D eigenvalue weighted by Gasteiger charge is -2.29. The third-order valence-corrected chi connectivity index (χ3v) is 4.35. The second-order valence-electron chi connectivity index (χ2n) is 5.28. The first-order chi connectivity index (χ1) is 8.75. The van der Waals surface area contributed by atoms with Crippen LogP contribution in [0.3, 0.4) is 0 Å². The standard InChI is InChI=1S/C14H20ClN3/c1-10-2-3-12(15)13-11(8-17-14(10)13)9-18-6-4-16-5-7-18/h2-3,11,16-17H,4-9H2,1H3. The molecule has 1 unspecified atom stereocenters. The molecule has 0 radical (unpaired) electrons. The summed E-state index contributed by atoms with van der Waals surface area (Å²) in [5, 5.41) is 7.84. The number of piperazine rings is 1. The quantitative estimate of drug-likeness (QED) is 0.857. The van der Waals surface area contributed by atoms with Crippen molar-refractivity contribution >= 4 is 17.3 Å². The maximum atomic E-state index is 6.38. The van der Waals surface area contributed by atoms with Gasteiger partial charge in [-0.1, -0.05) is 17.7 Å². The van der Waals surface area contributed by atoms with Crippen molar-refractivity contribution in [1.82, 2.24) is 10.2 Å². The van der Waals surface area contributed by atoms with Gasteiger partial charge in [-0.25, -0.2) is 0 Å². The average molecular weight is 266 g/mol. The first-order valence-electron chi connectivity index (χ1n) is 6.71. The van der Waals surface area contributed by atoms with Crippen LogP contribution in [0.25, 0.3) is 0 Å². The maximum absolute atomic E-state index is 6.38. The second-order valence-corrected chi connectivity index (χ2v) is 5.69. The molecule has 0 aromatic heterocycles. The van der Waals surface area contributed by atoms with Gasteiger partial charge in [0.1, 0.15) is 0 Å². The first kappa shape index (κ1) is 12.3. The summed E-state index contributed by atoms with van der Waals surface area (Å²) in [7, 11) is 0. The molecule has 3 nitrogen and oxygen atoms in total. The van der Waals surface area contributed by atoms with Crippen molar-refractivity contribution in [2.24, 2.45) is 0 Å². The van der Waals surface area contributed by atoms with Crippen LogP contribution in [-0.2, 0) is 0 Å². The Morgan fingerprint density at radius 1 is 1.33 bits per heavy atom. The van der Waals surface area contributed by atoms with Gasteiger partial charge in [0.15, 0.2) is 0 Å². The minimum atomic E-state index is 0.533. The number of fused-ring (bicyclic) bond motifs is 1. The van der Waals surface area contributed by atoms with E-state index in [-0.39, 0.29) is 0 Å². The minimum absolute atomic E-state index is 0.533. The Balaban J connectivity index is 1.79. The Bertz CT molecular complexity index is 441. The van der Waals surface area contributed by atoms with Crippen molar-refractivity contribution in [1.29, 1.82) is 0 Å². The van der Waals surface area contributed by atoms with E-state index in [9.17, 15) is 0 Å². The molecule has 1 aromatic carbocycles. The summed E-state index contributed by atoms with van der Waals surface area (Å²) in [4.78, 5) is 2.54. The van der Waals surface area contributed by atoms with Gasteiger partial charge in [0.05, 0.1) is 0 Å². The van der Waals surface area contributed by atoms with Crippen molar-refractivity contribution in [2.45, 2.75) is 12.8 Å². The fraction of sp³-hybridized carbons (Fsp3) is 0.571. The molecule has 0 bridgehead atoms. The normalized spacial score (nSPS) is 23.8. The third kappa shape index (κ3) is 2.22. The van der Waals surface area contributed by atoms with Crippen molar-refractivity contribution in [3.8, 4) is 0 Å². The van der Waals surface area contributed by atoms with E-state index >= 15 is 0 Å².